The lowest BCUT2D eigenvalue weighted by Gasteiger charge is -2.10. The zero-order valence-electron chi connectivity index (χ0n) is 16.1. The largest absolute Gasteiger partial charge is 0.488 e. The van der Waals surface area contributed by atoms with Gasteiger partial charge in [0, 0.05) is 30.1 Å². The Labute approximate surface area is 178 Å². The predicted octanol–water partition coefficient (Wildman–Crippen LogP) is 4.20. The summed E-state index contributed by atoms with van der Waals surface area (Å²) in [6.45, 7) is 2.24. The van der Waals surface area contributed by atoms with Crippen LogP contribution in [0, 0.1) is 17.0 Å². The summed E-state index contributed by atoms with van der Waals surface area (Å²) in [5.74, 6) is 0.674. The molecule has 152 valence electrons. The summed E-state index contributed by atoms with van der Waals surface area (Å²) >= 11 is 5.22. The smallest absolute Gasteiger partial charge is 0.271 e. The molecule has 0 aliphatic carbocycles. The van der Waals surface area contributed by atoms with Crippen molar-refractivity contribution >= 4 is 34.9 Å². The number of nitro groups is 1. The highest BCUT2D eigenvalue weighted by molar-refractivity contribution is 7.80. The normalized spacial score (nSPS) is 10.6. The highest BCUT2D eigenvalue weighted by Crippen LogP contribution is 2.22. The van der Waals surface area contributed by atoms with Gasteiger partial charge in [0.15, 0.2) is 5.11 Å². The van der Waals surface area contributed by atoms with Crippen molar-refractivity contribution in [3.05, 3.63) is 93.8 Å². The summed E-state index contributed by atoms with van der Waals surface area (Å²) in [4.78, 5) is 14.5. The summed E-state index contributed by atoms with van der Waals surface area (Å²) in [6, 6.07) is 15.8. The number of anilines is 1. The maximum absolute atomic E-state index is 10.9. The molecule has 0 bridgehead atoms. The summed E-state index contributed by atoms with van der Waals surface area (Å²) < 4.78 is 5.87. The molecule has 0 unspecified atom stereocenters. The minimum absolute atomic E-state index is 0.0188. The third kappa shape index (κ3) is 5.82. The minimum Gasteiger partial charge on any atom is -0.488 e. The van der Waals surface area contributed by atoms with Gasteiger partial charge in [-0.15, -0.1) is 0 Å². The molecule has 0 saturated heterocycles. The molecule has 0 amide bonds. The fraction of sp³-hybridized carbons (Fsp3) is 0.0952. The van der Waals surface area contributed by atoms with E-state index in [1.54, 1.807) is 24.7 Å². The molecule has 0 fully saturated rings. The quantitative estimate of drug-likeness (QED) is 0.255. The first-order chi connectivity index (χ1) is 14.5. The predicted molar refractivity (Wildman–Crippen MR) is 120 cm³/mol. The van der Waals surface area contributed by atoms with Crippen molar-refractivity contribution in [2.75, 3.05) is 5.32 Å². The van der Waals surface area contributed by atoms with Crippen molar-refractivity contribution in [1.82, 2.24) is 10.4 Å². The Morgan fingerprint density at radius 2 is 2.00 bits per heavy atom. The van der Waals surface area contributed by atoms with Crippen LogP contribution >= 0.6 is 12.2 Å². The van der Waals surface area contributed by atoms with E-state index in [4.69, 9.17) is 17.0 Å². The molecule has 30 heavy (non-hydrogen) atoms. The van der Waals surface area contributed by atoms with Gasteiger partial charge >= 0.3 is 0 Å². The van der Waals surface area contributed by atoms with E-state index < -0.39 is 4.92 Å². The van der Waals surface area contributed by atoms with Gasteiger partial charge < -0.3 is 10.1 Å². The second kappa shape index (κ2) is 10.1. The first-order valence-corrected chi connectivity index (χ1v) is 9.39. The number of thiocarbonyl (C=S) groups is 1. The van der Waals surface area contributed by atoms with E-state index in [1.165, 1.54) is 12.1 Å². The lowest BCUT2D eigenvalue weighted by molar-refractivity contribution is -0.384. The van der Waals surface area contributed by atoms with Gasteiger partial charge in [0.05, 0.1) is 16.8 Å². The number of pyridine rings is 1. The molecule has 3 rings (SSSR count). The number of aryl methyl sites for hydroxylation is 1. The topological polar surface area (TPSA) is 102 Å². The van der Waals surface area contributed by atoms with Crippen LogP contribution in [0.5, 0.6) is 5.75 Å². The molecule has 0 aliphatic heterocycles. The minimum atomic E-state index is -0.456. The van der Waals surface area contributed by atoms with Gasteiger partial charge in [0.1, 0.15) is 12.4 Å². The molecule has 3 aromatic rings. The lowest BCUT2D eigenvalue weighted by atomic mass is 10.2. The average Bonchev–Trinajstić information content (AvgIpc) is 2.75. The van der Waals surface area contributed by atoms with Crippen LogP contribution in [-0.4, -0.2) is 21.2 Å². The number of nitro benzene ring substituents is 1. The Morgan fingerprint density at radius 3 is 2.77 bits per heavy atom. The Kier molecular flexibility index (Phi) is 7.01. The Bertz CT molecular complexity index is 1070. The first-order valence-electron chi connectivity index (χ1n) is 8.99. The van der Waals surface area contributed by atoms with Crippen molar-refractivity contribution in [3.63, 3.8) is 0 Å². The van der Waals surface area contributed by atoms with E-state index in [-0.39, 0.29) is 10.8 Å². The van der Waals surface area contributed by atoms with Crippen LogP contribution in [-0.2, 0) is 6.61 Å². The van der Waals surface area contributed by atoms with Gasteiger partial charge in [-0.05, 0) is 54.5 Å². The second-order valence-electron chi connectivity index (χ2n) is 6.26. The van der Waals surface area contributed by atoms with E-state index in [2.05, 4.69) is 20.8 Å². The van der Waals surface area contributed by atoms with Crippen molar-refractivity contribution in [1.29, 1.82) is 0 Å². The number of hydrazone groups is 1. The number of hydrogen-bond acceptors (Lipinski definition) is 6. The van der Waals surface area contributed by atoms with Crippen molar-refractivity contribution in [3.8, 4) is 5.75 Å². The highest BCUT2D eigenvalue weighted by Gasteiger charge is 2.09. The highest BCUT2D eigenvalue weighted by atomic mass is 32.1. The number of ether oxygens (including phenoxy) is 1. The molecule has 8 nitrogen and oxygen atoms in total. The van der Waals surface area contributed by atoms with Gasteiger partial charge in [-0.3, -0.25) is 20.5 Å². The lowest BCUT2D eigenvalue weighted by Crippen LogP contribution is -2.24. The third-order valence-electron chi connectivity index (χ3n) is 4.11. The molecule has 0 radical (unpaired) electrons. The van der Waals surface area contributed by atoms with Crippen LogP contribution in [0.15, 0.2) is 72.1 Å². The van der Waals surface area contributed by atoms with Crippen LogP contribution < -0.4 is 15.5 Å². The number of non-ortho nitro benzene ring substituents is 1. The molecule has 0 saturated carbocycles. The van der Waals surface area contributed by atoms with Crippen LogP contribution in [0.2, 0.25) is 0 Å². The van der Waals surface area contributed by atoms with Crippen LogP contribution in [0.4, 0.5) is 11.4 Å². The monoisotopic (exact) mass is 421 g/mol. The molecule has 9 heteroatoms. The summed E-state index contributed by atoms with van der Waals surface area (Å²) in [6.07, 6.45) is 5.02. The van der Waals surface area contributed by atoms with E-state index in [1.807, 2.05) is 43.3 Å². The fourth-order valence-corrected chi connectivity index (χ4v) is 2.69. The fourth-order valence-electron chi connectivity index (χ4n) is 2.53. The first kappa shape index (κ1) is 20.9. The van der Waals surface area contributed by atoms with E-state index in [0.29, 0.717) is 18.0 Å². The summed E-state index contributed by atoms with van der Waals surface area (Å²) in [5, 5.41) is 18.2. The number of benzene rings is 2. The second-order valence-corrected chi connectivity index (χ2v) is 6.67. The number of aromatic nitrogens is 1. The van der Waals surface area contributed by atoms with Crippen molar-refractivity contribution < 1.29 is 9.66 Å². The zero-order chi connectivity index (χ0) is 21.3. The van der Waals surface area contributed by atoms with E-state index in [0.717, 1.165) is 16.7 Å². The standard InChI is InChI=1S/C21H19N5O3S/c1-15-6-7-18(26(27)28)12-19(15)24-21(30)25-23-13-17-4-2-3-5-20(17)29-14-16-8-10-22-11-9-16/h2-13H,14H2,1H3,(H2,24,25,30)/b23-13+. The molecule has 0 spiro atoms. The van der Waals surface area contributed by atoms with Crippen LogP contribution in [0.3, 0.4) is 0 Å². The number of nitrogens with zero attached hydrogens (tertiary/aromatic N) is 3. The van der Waals surface area contributed by atoms with Gasteiger partial charge in [-0.2, -0.15) is 5.10 Å². The van der Waals surface area contributed by atoms with Crippen molar-refractivity contribution in [2.24, 2.45) is 5.10 Å². The summed E-state index contributed by atoms with van der Waals surface area (Å²) in [7, 11) is 0. The molecule has 1 heterocycles. The van der Waals surface area contributed by atoms with Crippen LogP contribution in [0.25, 0.3) is 0 Å². The van der Waals surface area contributed by atoms with Gasteiger partial charge in [0.25, 0.3) is 5.69 Å². The molecule has 2 N–H and O–H groups in total. The molecular weight excluding hydrogens is 402 g/mol. The molecule has 0 atom stereocenters. The maximum Gasteiger partial charge on any atom is 0.271 e. The number of nitrogens with one attached hydrogen (secondary N) is 2. The Morgan fingerprint density at radius 1 is 1.23 bits per heavy atom. The SMILES string of the molecule is Cc1ccc([N+](=O)[O-])cc1NC(=S)N/N=C/c1ccccc1OCc1ccncc1. The zero-order valence-corrected chi connectivity index (χ0v) is 16.9. The summed E-state index contributed by atoms with van der Waals surface area (Å²) in [5.41, 5.74) is 5.84. The van der Waals surface area contributed by atoms with Crippen LogP contribution in [0.1, 0.15) is 16.7 Å². The molecule has 2 aromatic carbocycles. The average molecular weight is 421 g/mol. The molecule has 1 aromatic heterocycles. The number of para-hydroxylation sites is 1. The van der Waals surface area contributed by atoms with Crippen molar-refractivity contribution in [2.45, 2.75) is 13.5 Å². The Balaban J connectivity index is 1.61. The number of hydrogen-bond donors (Lipinski definition) is 2. The molecular formula is C21H19N5O3S. The van der Waals surface area contributed by atoms with Gasteiger partial charge in [0.2, 0.25) is 0 Å². The van der Waals surface area contributed by atoms with E-state index >= 15 is 0 Å². The van der Waals surface area contributed by atoms with E-state index in [9.17, 15) is 10.1 Å². The van der Waals surface area contributed by atoms with Gasteiger partial charge in [-0.25, -0.2) is 0 Å². The maximum atomic E-state index is 10.9. The Hall–Kier alpha value is -3.85. The van der Waals surface area contributed by atoms with Gasteiger partial charge in [-0.1, -0.05) is 18.2 Å². The third-order valence-corrected chi connectivity index (χ3v) is 4.31. The molecule has 0 aliphatic rings. The number of rotatable bonds is 7.